The summed E-state index contributed by atoms with van der Waals surface area (Å²) in [7, 11) is 0.962. The molecule has 0 saturated heterocycles. The predicted molar refractivity (Wildman–Crippen MR) is 57.3 cm³/mol. The van der Waals surface area contributed by atoms with Crippen molar-refractivity contribution in [3.63, 3.8) is 0 Å². The summed E-state index contributed by atoms with van der Waals surface area (Å²) in [5.41, 5.74) is 0. The molecule has 0 saturated carbocycles. The first-order valence-electron chi connectivity index (χ1n) is 5.06. The Labute approximate surface area is 87.9 Å². The summed E-state index contributed by atoms with van der Waals surface area (Å²) >= 11 is 0. The number of ether oxygens (including phenoxy) is 1. The van der Waals surface area contributed by atoms with Crippen LogP contribution in [0.15, 0.2) is 0 Å². The lowest BCUT2D eigenvalue weighted by Gasteiger charge is -2.26. The molecule has 0 aliphatic heterocycles. The summed E-state index contributed by atoms with van der Waals surface area (Å²) in [6.45, 7) is 5.89. The van der Waals surface area contributed by atoms with E-state index in [-0.39, 0.29) is 0 Å². The minimum absolute atomic E-state index is 0.632. The van der Waals surface area contributed by atoms with Gasteiger partial charge in [0.1, 0.15) is 0 Å². The van der Waals surface area contributed by atoms with Gasteiger partial charge in [0.05, 0.1) is 0 Å². The first kappa shape index (κ1) is 14.1. The molecule has 0 rings (SSSR count). The van der Waals surface area contributed by atoms with E-state index in [4.69, 9.17) is 18.0 Å². The number of rotatable bonds is 9. The second-order valence-electron chi connectivity index (χ2n) is 2.85. The van der Waals surface area contributed by atoms with Crippen LogP contribution in [-0.2, 0) is 18.0 Å². The third-order valence-electron chi connectivity index (χ3n) is 1.87. The lowest BCUT2D eigenvalue weighted by atomic mass is 10.5. The average molecular weight is 222 g/mol. The first-order chi connectivity index (χ1) is 6.74. The molecule has 0 amide bonds. The van der Waals surface area contributed by atoms with Crippen LogP contribution >= 0.6 is 0 Å². The fourth-order valence-corrected chi connectivity index (χ4v) is 3.55. The van der Waals surface area contributed by atoms with Gasteiger partial charge in [-0.1, -0.05) is 0 Å². The normalized spacial score (nSPS) is 12.0. The molecule has 0 aliphatic carbocycles. The summed E-state index contributed by atoms with van der Waals surface area (Å²) in [6, 6.07) is 0.818. The van der Waals surface area contributed by atoms with E-state index < -0.39 is 8.80 Å². The zero-order valence-corrected chi connectivity index (χ0v) is 10.7. The molecular formula is C9H22O4Si. The molecule has 0 aromatic rings. The Hall–Kier alpha value is 0.0569. The quantitative estimate of drug-likeness (QED) is 0.439. The van der Waals surface area contributed by atoms with Gasteiger partial charge in [0, 0.05) is 40.1 Å². The minimum Gasteiger partial charge on any atom is -0.385 e. The zero-order chi connectivity index (χ0) is 10.9. The molecule has 0 spiro atoms. The van der Waals surface area contributed by atoms with Crippen molar-refractivity contribution in [3.05, 3.63) is 0 Å². The van der Waals surface area contributed by atoms with Crippen LogP contribution in [0.1, 0.15) is 20.3 Å². The molecule has 0 bridgehead atoms. The molecule has 0 radical (unpaired) electrons. The van der Waals surface area contributed by atoms with Gasteiger partial charge in [-0.15, -0.1) is 0 Å². The van der Waals surface area contributed by atoms with Crippen molar-refractivity contribution in [3.8, 4) is 0 Å². The third-order valence-corrected chi connectivity index (χ3v) is 4.92. The molecule has 0 fully saturated rings. The molecule has 14 heavy (non-hydrogen) atoms. The van der Waals surface area contributed by atoms with E-state index >= 15 is 0 Å². The second-order valence-corrected chi connectivity index (χ2v) is 5.70. The van der Waals surface area contributed by atoms with Crippen LogP contribution in [0.4, 0.5) is 0 Å². The molecular weight excluding hydrogens is 200 g/mol. The Morgan fingerprint density at radius 2 is 1.57 bits per heavy atom. The molecule has 0 heterocycles. The maximum Gasteiger partial charge on any atom is 0.500 e. The van der Waals surface area contributed by atoms with Crippen LogP contribution in [0.2, 0.25) is 6.04 Å². The van der Waals surface area contributed by atoms with E-state index in [9.17, 15) is 0 Å². The van der Waals surface area contributed by atoms with Crippen molar-refractivity contribution in [2.45, 2.75) is 26.3 Å². The molecule has 0 atom stereocenters. The molecule has 0 N–H and O–H groups in total. The maximum atomic E-state index is 5.60. The highest BCUT2D eigenvalue weighted by Crippen LogP contribution is 2.16. The maximum absolute atomic E-state index is 5.60. The lowest BCUT2D eigenvalue weighted by Crippen LogP contribution is -2.45. The fraction of sp³-hybridized carbons (Fsp3) is 1.00. The number of hydrogen-bond donors (Lipinski definition) is 0. The topological polar surface area (TPSA) is 36.9 Å². The summed E-state index contributed by atoms with van der Waals surface area (Å²) in [5, 5.41) is 0. The molecule has 0 unspecified atom stereocenters. The summed E-state index contributed by atoms with van der Waals surface area (Å²) < 4.78 is 21.6. The summed E-state index contributed by atoms with van der Waals surface area (Å²) in [4.78, 5) is 0. The van der Waals surface area contributed by atoms with Crippen molar-refractivity contribution in [1.29, 1.82) is 0 Å². The van der Waals surface area contributed by atoms with E-state index in [1.54, 1.807) is 14.2 Å². The monoisotopic (exact) mass is 222 g/mol. The highest BCUT2D eigenvalue weighted by Gasteiger charge is 2.38. The molecule has 0 aromatic carbocycles. The van der Waals surface area contributed by atoms with Crippen LogP contribution in [-0.4, -0.2) is 42.8 Å². The van der Waals surface area contributed by atoms with Crippen molar-refractivity contribution < 1.29 is 18.0 Å². The van der Waals surface area contributed by atoms with Crippen LogP contribution in [0.25, 0.3) is 0 Å². The number of methoxy groups -OCH3 is 1. The van der Waals surface area contributed by atoms with Gasteiger partial charge in [-0.3, -0.25) is 0 Å². The molecule has 5 heteroatoms. The zero-order valence-electron chi connectivity index (χ0n) is 9.67. The van der Waals surface area contributed by atoms with Crippen LogP contribution < -0.4 is 0 Å². The van der Waals surface area contributed by atoms with Gasteiger partial charge >= 0.3 is 8.80 Å². The van der Waals surface area contributed by atoms with Gasteiger partial charge in [0.2, 0.25) is 0 Å². The van der Waals surface area contributed by atoms with Crippen molar-refractivity contribution >= 4 is 8.80 Å². The highest BCUT2D eigenvalue weighted by atomic mass is 28.4. The van der Waals surface area contributed by atoms with Gasteiger partial charge in [-0.2, -0.15) is 0 Å². The second kappa shape index (κ2) is 8.37. The average Bonchev–Trinajstić information content (AvgIpc) is 2.19. The van der Waals surface area contributed by atoms with E-state index in [2.05, 4.69) is 0 Å². The van der Waals surface area contributed by atoms with Crippen LogP contribution in [0.3, 0.4) is 0 Å². The van der Waals surface area contributed by atoms with Gasteiger partial charge in [-0.05, 0) is 20.3 Å². The van der Waals surface area contributed by atoms with E-state index in [1.165, 1.54) is 0 Å². The summed E-state index contributed by atoms with van der Waals surface area (Å²) in [6.07, 6.45) is 0.913. The molecule has 86 valence electrons. The smallest absolute Gasteiger partial charge is 0.385 e. The molecule has 0 aromatic heterocycles. The van der Waals surface area contributed by atoms with Gasteiger partial charge in [0.25, 0.3) is 0 Å². The summed E-state index contributed by atoms with van der Waals surface area (Å²) in [5.74, 6) is 0. The molecule has 0 aliphatic rings. The van der Waals surface area contributed by atoms with Crippen molar-refractivity contribution in [2.24, 2.45) is 0 Å². The highest BCUT2D eigenvalue weighted by molar-refractivity contribution is 6.60. The van der Waals surface area contributed by atoms with Gasteiger partial charge in [0.15, 0.2) is 0 Å². The van der Waals surface area contributed by atoms with Crippen LogP contribution in [0.5, 0.6) is 0 Å². The lowest BCUT2D eigenvalue weighted by molar-refractivity contribution is 0.0830. The Balaban J connectivity index is 4.03. The Kier molecular flexibility index (Phi) is 8.41. The van der Waals surface area contributed by atoms with Gasteiger partial charge in [-0.25, -0.2) is 0 Å². The molecule has 4 nitrogen and oxygen atoms in total. The third kappa shape index (κ3) is 5.07. The van der Waals surface area contributed by atoms with Crippen molar-refractivity contribution in [2.75, 3.05) is 34.0 Å². The fourth-order valence-electron chi connectivity index (χ4n) is 1.28. The first-order valence-corrected chi connectivity index (χ1v) is 6.99. The minimum atomic E-state index is -2.39. The SMILES string of the molecule is CCO[Si](CCCOC)(OC)OCC. The Morgan fingerprint density at radius 1 is 1.00 bits per heavy atom. The van der Waals surface area contributed by atoms with Gasteiger partial charge < -0.3 is 18.0 Å². The Morgan fingerprint density at radius 3 is 1.93 bits per heavy atom. The predicted octanol–water partition coefficient (Wildman–Crippen LogP) is 1.68. The van der Waals surface area contributed by atoms with E-state index in [1.807, 2.05) is 13.8 Å². The van der Waals surface area contributed by atoms with Crippen LogP contribution in [0, 0.1) is 0 Å². The largest absolute Gasteiger partial charge is 0.500 e. The van der Waals surface area contributed by atoms with E-state index in [0.717, 1.165) is 19.1 Å². The van der Waals surface area contributed by atoms with E-state index in [0.29, 0.717) is 13.2 Å². The standard InChI is InChI=1S/C9H22O4Si/c1-5-12-14(11-4,13-6-2)9-7-8-10-3/h5-9H2,1-4H3. The number of hydrogen-bond acceptors (Lipinski definition) is 4. The Bertz CT molecular complexity index is 126. The van der Waals surface area contributed by atoms with Crippen molar-refractivity contribution in [1.82, 2.24) is 0 Å².